The van der Waals surface area contributed by atoms with Crippen LogP contribution in [0, 0.1) is 0 Å². The highest BCUT2D eigenvalue weighted by molar-refractivity contribution is 5.36. The fourth-order valence-corrected chi connectivity index (χ4v) is 2.97. The molecule has 1 fully saturated rings. The summed E-state index contributed by atoms with van der Waals surface area (Å²) >= 11 is 0. The van der Waals surface area contributed by atoms with E-state index in [0.717, 1.165) is 26.1 Å². The Morgan fingerprint density at radius 3 is 2.88 bits per heavy atom. The number of likely N-dealkylation sites (tertiary alicyclic amines) is 1. The smallest absolute Gasteiger partial charge is 0.108 e. The normalized spacial score (nSPS) is 29.2. The van der Waals surface area contributed by atoms with Crippen LogP contribution >= 0.6 is 0 Å². The molecule has 1 aromatic rings. The van der Waals surface area contributed by atoms with Gasteiger partial charge in [-0.2, -0.15) is 0 Å². The molecule has 16 heavy (non-hydrogen) atoms. The predicted octanol–water partition coefficient (Wildman–Crippen LogP) is 2.53. The van der Waals surface area contributed by atoms with Crippen molar-refractivity contribution >= 4 is 0 Å². The standard InChI is InChI=1S/C14H19NO/c1-11(2)15-8-7-14(10-15)13-6-4-3-5-12(13)9-16-14/h3-6,11H,7-10H2,1-2H3. The van der Waals surface area contributed by atoms with E-state index in [2.05, 4.69) is 43.0 Å². The number of nitrogens with zero attached hydrogens (tertiary/aromatic N) is 1. The Bertz CT molecular complexity index is 401. The maximum Gasteiger partial charge on any atom is 0.108 e. The Morgan fingerprint density at radius 1 is 1.31 bits per heavy atom. The van der Waals surface area contributed by atoms with Crippen LogP contribution in [0.3, 0.4) is 0 Å². The summed E-state index contributed by atoms with van der Waals surface area (Å²) in [6.45, 7) is 7.54. The predicted molar refractivity (Wildman–Crippen MR) is 64.2 cm³/mol. The highest BCUT2D eigenvalue weighted by Gasteiger charge is 2.45. The van der Waals surface area contributed by atoms with Crippen LogP contribution in [-0.4, -0.2) is 24.0 Å². The maximum atomic E-state index is 6.11. The molecule has 1 spiro atoms. The molecular weight excluding hydrogens is 198 g/mol. The lowest BCUT2D eigenvalue weighted by Gasteiger charge is -2.26. The summed E-state index contributed by atoms with van der Waals surface area (Å²) in [5.74, 6) is 0. The molecule has 0 aromatic heterocycles. The summed E-state index contributed by atoms with van der Waals surface area (Å²) in [6, 6.07) is 9.30. The Labute approximate surface area is 97.2 Å². The zero-order valence-electron chi connectivity index (χ0n) is 10.1. The fraction of sp³-hybridized carbons (Fsp3) is 0.571. The summed E-state index contributed by atoms with van der Waals surface area (Å²) in [5, 5.41) is 0. The van der Waals surface area contributed by atoms with Crippen LogP contribution in [0.15, 0.2) is 24.3 Å². The van der Waals surface area contributed by atoms with Crippen molar-refractivity contribution in [1.82, 2.24) is 4.90 Å². The number of hydrogen-bond donors (Lipinski definition) is 0. The second-order valence-electron chi connectivity index (χ2n) is 5.25. The first kappa shape index (κ1) is 10.3. The van der Waals surface area contributed by atoms with Gasteiger partial charge in [0.05, 0.1) is 6.61 Å². The van der Waals surface area contributed by atoms with Crippen LogP contribution in [0.4, 0.5) is 0 Å². The number of ether oxygens (including phenoxy) is 1. The Kier molecular flexibility index (Phi) is 2.30. The molecule has 0 amide bonds. The minimum absolute atomic E-state index is 0.000856. The van der Waals surface area contributed by atoms with Crippen molar-refractivity contribution in [3.63, 3.8) is 0 Å². The third kappa shape index (κ3) is 1.40. The molecule has 3 rings (SSSR count). The first-order valence-electron chi connectivity index (χ1n) is 6.18. The number of benzene rings is 1. The first-order valence-corrected chi connectivity index (χ1v) is 6.18. The number of hydrogen-bond acceptors (Lipinski definition) is 2. The van der Waals surface area contributed by atoms with Gasteiger partial charge < -0.3 is 4.74 Å². The molecule has 1 atom stereocenters. The molecule has 0 N–H and O–H groups in total. The largest absolute Gasteiger partial charge is 0.364 e. The third-order valence-electron chi connectivity index (χ3n) is 4.00. The molecule has 1 saturated heterocycles. The van der Waals surface area contributed by atoms with Crippen molar-refractivity contribution in [1.29, 1.82) is 0 Å². The minimum atomic E-state index is 0.000856. The minimum Gasteiger partial charge on any atom is -0.364 e. The van der Waals surface area contributed by atoms with Crippen molar-refractivity contribution < 1.29 is 4.74 Å². The van der Waals surface area contributed by atoms with Gasteiger partial charge in [-0.25, -0.2) is 0 Å². The zero-order chi connectivity index (χ0) is 11.2. The summed E-state index contributed by atoms with van der Waals surface area (Å²) in [7, 11) is 0. The van der Waals surface area contributed by atoms with Gasteiger partial charge in [-0.05, 0) is 31.4 Å². The van der Waals surface area contributed by atoms with Crippen molar-refractivity contribution in [3.05, 3.63) is 35.4 Å². The van der Waals surface area contributed by atoms with Crippen molar-refractivity contribution in [2.24, 2.45) is 0 Å². The van der Waals surface area contributed by atoms with Crippen molar-refractivity contribution in [2.45, 2.75) is 38.5 Å². The summed E-state index contributed by atoms with van der Waals surface area (Å²) in [5.41, 5.74) is 2.81. The molecule has 2 heterocycles. The van der Waals surface area contributed by atoms with Crippen LogP contribution in [0.25, 0.3) is 0 Å². The molecular formula is C14H19NO. The fourth-order valence-electron chi connectivity index (χ4n) is 2.97. The van der Waals surface area contributed by atoms with E-state index in [4.69, 9.17) is 4.74 Å². The van der Waals surface area contributed by atoms with E-state index >= 15 is 0 Å². The molecule has 2 heteroatoms. The average Bonchev–Trinajstić information content (AvgIpc) is 2.87. The van der Waals surface area contributed by atoms with Gasteiger partial charge in [-0.15, -0.1) is 0 Å². The second kappa shape index (κ2) is 3.57. The second-order valence-corrected chi connectivity index (χ2v) is 5.25. The van der Waals surface area contributed by atoms with Crippen LogP contribution in [0.1, 0.15) is 31.4 Å². The van der Waals surface area contributed by atoms with E-state index in [1.54, 1.807) is 0 Å². The van der Waals surface area contributed by atoms with Crippen LogP contribution in [0.5, 0.6) is 0 Å². The van der Waals surface area contributed by atoms with Gasteiger partial charge in [0.15, 0.2) is 0 Å². The van der Waals surface area contributed by atoms with E-state index in [0.29, 0.717) is 6.04 Å². The number of fused-ring (bicyclic) bond motifs is 2. The molecule has 0 saturated carbocycles. The van der Waals surface area contributed by atoms with Crippen LogP contribution in [0.2, 0.25) is 0 Å². The van der Waals surface area contributed by atoms with E-state index < -0.39 is 0 Å². The molecule has 86 valence electrons. The first-order chi connectivity index (χ1) is 7.71. The van der Waals surface area contributed by atoms with E-state index in [-0.39, 0.29) is 5.60 Å². The van der Waals surface area contributed by atoms with Gasteiger partial charge in [0, 0.05) is 19.1 Å². The molecule has 1 unspecified atom stereocenters. The molecule has 2 aliphatic heterocycles. The van der Waals surface area contributed by atoms with Gasteiger partial charge in [0.2, 0.25) is 0 Å². The summed E-state index contributed by atoms with van der Waals surface area (Å²) in [4.78, 5) is 2.52. The van der Waals surface area contributed by atoms with E-state index in [1.165, 1.54) is 11.1 Å². The molecule has 1 aromatic carbocycles. The maximum absolute atomic E-state index is 6.11. The molecule has 2 aliphatic rings. The van der Waals surface area contributed by atoms with Crippen LogP contribution < -0.4 is 0 Å². The van der Waals surface area contributed by atoms with Crippen molar-refractivity contribution in [3.8, 4) is 0 Å². The highest BCUT2D eigenvalue weighted by Crippen LogP contribution is 2.43. The molecule has 0 bridgehead atoms. The lowest BCUT2D eigenvalue weighted by atomic mass is 9.92. The SMILES string of the molecule is CC(C)N1CCC2(C1)OCc1ccccc12. The van der Waals surface area contributed by atoms with E-state index in [9.17, 15) is 0 Å². The molecule has 0 radical (unpaired) electrons. The zero-order valence-corrected chi connectivity index (χ0v) is 10.1. The highest BCUT2D eigenvalue weighted by atomic mass is 16.5. The Morgan fingerprint density at radius 2 is 2.12 bits per heavy atom. The quantitative estimate of drug-likeness (QED) is 0.716. The average molecular weight is 217 g/mol. The van der Waals surface area contributed by atoms with Crippen molar-refractivity contribution in [2.75, 3.05) is 13.1 Å². The lowest BCUT2D eigenvalue weighted by Crippen LogP contribution is -2.34. The molecule has 0 aliphatic carbocycles. The topological polar surface area (TPSA) is 12.5 Å². The lowest BCUT2D eigenvalue weighted by molar-refractivity contribution is -0.0312. The third-order valence-corrected chi connectivity index (χ3v) is 4.00. The van der Waals surface area contributed by atoms with Gasteiger partial charge >= 0.3 is 0 Å². The Balaban J connectivity index is 1.92. The van der Waals surface area contributed by atoms with E-state index in [1.807, 2.05) is 0 Å². The van der Waals surface area contributed by atoms with Gasteiger partial charge in [-0.3, -0.25) is 4.90 Å². The monoisotopic (exact) mass is 217 g/mol. The van der Waals surface area contributed by atoms with Gasteiger partial charge in [0.1, 0.15) is 5.60 Å². The van der Waals surface area contributed by atoms with Gasteiger partial charge in [0.25, 0.3) is 0 Å². The molecule has 2 nitrogen and oxygen atoms in total. The Hall–Kier alpha value is -0.860. The van der Waals surface area contributed by atoms with Crippen LogP contribution in [-0.2, 0) is 16.9 Å². The number of rotatable bonds is 1. The summed E-state index contributed by atoms with van der Waals surface area (Å²) in [6.07, 6.45) is 1.14. The van der Waals surface area contributed by atoms with Gasteiger partial charge in [-0.1, -0.05) is 24.3 Å². The summed E-state index contributed by atoms with van der Waals surface area (Å²) < 4.78 is 6.11.